The summed E-state index contributed by atoms with van der Waals surface area (Å²) in [5.74, 6) is -0.861. The summed E-state index contributed by atoms with van der Waals surface area (Å²) in [6, 6.07) is 1.53. The number of amides is 1. The lowest BCUT2D eigenvalue weighted by Gasteiger charge is -2.43. The van der Waals surface area contributed by atoms with Crippen LogP contribution in [0.2, 0.25) is 5.02 Å². The second-order valence-corrected chi connectivity index (χ2v) is 9.57. The van der Waals surface area contributed by atoms with Gasteiger partial charge in [0, 0.05) is 35.6 Å². The standard InChI is InChI=1S/C25H26ClNO6/c1-12-9-15-19(14(10-18(28)27-15)13-7-5-4-6-8-13)23(29)25(12)24(30)20-16(31-2)11-17(32-3)21(26)22(20)33-25/h4-5,11-14H,6-10H2,1-3H3,(H,27,28)/t12-,13+,14+,25+/m1/s1. The van der Waals surface area contributed by atoms with E-state index >= 15 is 0 Å². The molecule has 33 heavy (non-hydrogen) atoms. The molecule has 1 amide bonds. The van der Waals surface area contributed by atoms with Gasteiger partial charge < -0.3 is 19.5 Å². The van der Waals surface area contributed by atoms with Gasteiger partial charge in [-0.05, 0) is 31.6 Å². The lowest BCUT2D eigenvalue weighted by atomic mass is 9.64. The third-order valence-electron chi connectivity index (χ3n) is 7.48. The number of Topliss-reactive ketones (excluding diaryl/α,β-unsaturated/α-hetero) is 2. The number of methoxy groups -OCH3 is 2. The van der Waals surface area contributed by atoms with Crippen molar-refractivity contribution in [3.05, 3.63) is 40.1 Å². The van der Waals surface area contributed by atoms with Crippen LogP contribution in [0.4, 0.5) is 0 Å². The fraction of sp³-hybridized carbons (Fsp3) is 0.480. The largest absolute Gasteiger partial charge is 0.496 e. The van der Waals surface area contributed by atoms with Crippen LogP contribution in [0.3, 0.4) is 0 Å². The molecule has 5 rings (SSSR count). The number of nitrogens with one attached hydrogen (secondary N) is 1. The summed E-state index contributed by atoms with van der Waals surface area (Å²) in [6.45, 7) is 1.79. The van der Waals surface area contributed by atoms with Crippen molar-refractivity contribution >= 4 is 29.1 Å². The van der Waals surface area contributed by atoms with Gasteiger partial charge in [0.15, 0.2) is 5.75 Å². The number of hydrogen-bond acceptors (Lipinski definition) is 6. The van der Waals surface area contributed by atoms with Gasteiger partial charge >= 0.3 is 0 Å². The van der Waals surface area contributed by atoms with E-state index in [1.165, 1.54) is 20.3 Å². The van der Waals surface area contributed by atoms with E-state index in [1.54, 1.807) is 6.92 Å². The highest BCUT2D eigenvalue weighted by molar-refractivity contribution is 6.36. The van der Waals surface area contributed by atoms with Crippen LogP contribution in [0, 0.1) is 17.8 Å². The van der Waals surface area contributed by atoms with Crippen molar-refractivity contribution in [1.82, 2.24) is 5.32 Å². The minimum atomic E-state index is -1.74. The highest BCUT2D eigenvalue weighted by Crippen LogP contribution is 2.55. The predicted molar refractivity (Wildman–Crippen MR) is 121 cm³/mol. The Morgan fingerprint density at radius 2 is 1.85 bits per heavy atom. The first-order valence-corrected chi connectivity index (χ1v) is 11.6. The van der Waals surface area contributed by atoms with E-state index < -0.39 is 17.3 Å². The van der Waals surface area contributed by atoms with Crippen LogP contribution in [0.25, 0.3) is 0 Å². The topological polar surface area (TPSA) is 90.9 Å². The molecule has 2 aliphatic heterocycles. The Bertz CT molecular complexity index is 1140. The average molecular weight is 472 g/mol. The van der Waals surface area contributed by atoms with Crippen LogP contribution in [0.15, 0.2) is 29.5 Å². The number of hydrogen-bond donors (Lipinski definition) is 1. The SMILES string of the molecule is COc1cc(OC)c2c(c1Cl)O[C@@]1(C(=O)C3=C(C[C@H]1C)NC(=O)C[C@H]3[C@H]1CC=CCC1)C2=O. The molecule has 0 fully saturated rings. The molecule has 0 unspecified atom stereocenters. The maximum atomic E-state index is 14.2. The Balaban J connectivity index is 1.63. The zero-order valence-electron chi connectivity index (χ0n) is 18.8. The molecule has 7 nitrogen and oxygen atoms in total. The molecule has 1 spiro atoms. The maximum absolute atomic E-state index is 14.2. The molecule has 0 aromatic heterocycles. The molecular formula is C25H26ClNO6. The first-order valence-electron chi connectivity index (χ1n) is 11.2. The first kappa shape index (κ1) is 22.0. The van der Waals surface area contributed by atoms with Crippen molar-refractivity contribution < 1.29 is 28.6 Å². The Morgan fingerprint density at radius 1 is 1.09 bits per heavy atom. The molecule has 2 heterocycles. The smallest absolute Gasteiger partial charge is 0.236 e. The number of benzene rings is 1. The monoisotopic (exact) mass is 471 g/mol. The van der Waals surface area contributed by atoms with Crippen molar-refractivity contribution in [1.29, 1.82) is 0 Å². The third-order valence-corrected chi connectivity index (χ3v) is 7.83. The summed E-state index contributed by atoms with van der Waals surface area (Å²) < 4.78 is 17.0. The van der Waals surface area contributed by atoms with Gasteiger partial charge in [-0.1, -0.05) is 30.7 Å². The lowest BCUT2D eigenvalue weighted by Crippen LogP contribution is -2.59. The Morgan fingerprint density at radius 3 is 2.52 bits per heavy atom. The van der Waals surface area contributed by atoms with E-state index in [1.807, 2.05) is 0 Å². The van der Waals surface area contributed by atoms with E-state index in [0.29, 0.717) is 23.4 Å². The van der Waals surface area contributed by atoms with Gasteiger partial charge in [-0.3, -0.25) is 14.4 Å². The van der Waals surface area contributed by atoms with Gasteiger partial charge in [-0.25, -0.2) is 0 Å². The van der Waals surface area contributed by atoms with Crippen molar-refractivity contribution in [2.45, 2.75) is 44.6 Å². The van der Waals surface area contributed by atoms with Crippen LogP contribution >= 0.6 is 11.6 Å². The lowest BCUT2D eigenvalue weighted by molar-refractivity contribution is -0.132. The van der Waals surface area contributed by atoms with Gasteiger partial charge in [0.25, 0.3) is 0 Å². The van der Waals surface area contributed by atoms with Gasteiger partial charge in [0.1, 0.15) is 22.1 Å². The summed E-state index contributed by atoms with van der Waals surface area (Å²) in [4.78, 5) is 40.6. The molecule has 0 saturated carbocycles. The average Bonchev–Trinajstić information content (AvgIpc) is 3.13. The van der Waals surface area contributed by atoms with Crippen LogP contribution in [0.5, 0.6) is 17.2 Å². The number of ketones is 2. The van der Waals surface area contributed by atoms with Crippen molar-refractivity contribution in [3.63, 3.8) is 0 Å². The van der Waals surface area contributed by atoms with Crippen molar-refractivity contribution in [3.8, 4) is 17.2 Å². The number of carbonyl (C=O) groups is 3. The van der Waals surface area contributed by atoms with E-state index in [9.17, 15) is 14.4 Å². The van der Waals surface area contributed by atoms with E-state index in [2.05, 4.69) is 17.5 Å². The summed E-state index contributed by atoms with van der Waals surface area (Å²) in [5, 5.41) is 3.04. The maximum Gasteiger partial charge on any atom is 0.236 e. The summed E-state index contributed by atoms with van der Waals surface area (Å²) in [5.41, 5.74) is -0.437. The Kier molecular flexibility index (Phi) is 5.27. The normalized spacial score (nSPS) is 30.7. The number of allylic oxidation sites excluding steroid dienone is 3. The predicted octanol–water partition coefficient (Wildman–Crippen LogP) is 4.03. The van der Waals surface area contributed by atoms with Crippen molar-refractivity contribution in [2.24, 2.45) is 17.8 Å². The number of carbonyl (C=O) groups excluding carboxylic acids is 3. The van der Waals surface area contributed by atoms with Gasteiger partial charge in [-0.2, -0.15) is 0 Å². The molecule has 0 saturated heterocycles. The summed E-state index contributed by atoms with van der Waals surface area (Å²) in [7, 11) is 2.90. The first-order chi connectivity index (χ1) is 15.8. The number of halogens is 1. The van der Waals surface area contributed by atoms with Crippen molar-refractivity contribution in [2.75, 3.05) is 14.2 Å². The molecule has 8 heteroatoms. The van der Waals surface area contributed by atoms with Gasteiger partial charge in [0.2, 0.25) is 23.1 Å². The molecular weight excluding hydrogens is 446 g/mol. The third kappa shape index (κ3) is 3.05. The summed E-state index contributed by atoms with van der Waals surface area (Å²) in [6.07, 6.45) is 7.42. The molecule has 0 radical (unpaired) electrons. The highest BCUT2D eigenvalue weighted by atomic mass is 35.5. The van der Waals surface area contributed by atoms with E-state index in [-0.39, 0.29) is 52.0 Å². The number of fused-ring (bicyclic) bond motifs is 1. The molecule has 4 atom stereocenters. The van der Waals surface area contributed by atoms with E-state index in [0.717, 1.165) is 19.3 Å². The zero-order chi connectivity index (χ0) is 23.5. The molecule has 1 aromatic rings. The highest BCUT2D eigenvalue weighted by Gasteiger charge is 2.63. The molecule has 0 bridgehead atoms. The van der Waals surface area contributed by atoms with Crippen LogP contribution < -0.4 is 19.5 Å². The fourth-order valence-electron chi connectivity index (χ4n) is 5.81. The Labute approximate surface area is 197 Å². The second-order valence-electron chi connectivity index (χ2n) is 9.20. The van der Waals surface area contributed by atoms with Crippen LogP contribution in [0.1, 0.15) is 49.4 Å². The minimum absolute atomic E-state index is 0.0827. The zero-order valence-corrected chi connectivity index (χ0v) is 19.6. The quantitative estimate of drug-likeness (QED) is 0.528. The second kappa shape index (κ2) is 7.90. The summed E-state index contributed by atoms with van der Waals surface area (Å²) >= 11 is 6.51. The number of rotatable bonds is 3. The minimum Gasteiger partial charge on any atom is -0.496 e. The van der Waals surface area contributed by atoms with Gasteiger partial charge in [-0.15, -0.1) is 0 Å². The van der Waals surface area contributed by atoms with E-state index in [4.69, 9.17) is 25.8 Å². The molecule has 174 valence electrons. The fourth-order valence-corrected chi connectivity index (χ4v) is 6.08. The molecule has 1 aromatic carbocycles. The van der Waals surface area contributed by atoms with Gasteiger partial charge in [0.05, 0.1) is 14.2 Å². The molecule has 1 N–H and O–H groups in total. The van der Waals surface area contributed by atoms with Crippen LogP contribution in [-0.4, -0.2) is 37.3 Å². The number of ether oxygens (including phenoxy) is 3. The molecule has 4 aliphatic rings. The molecule has 2 aliphatic carbocycles. The Hall–Kier alpha value is -2.80. The van der Waals surface area contributed by atoms with Crippen LogP contribution in [-0.2, 0) is 9.59 Å².